The van der Waals surface area contributed by atoms with Crippen molar-refractivity contribution in [2.45, 2.75) is 65.8 Å². The van der Waals surface area contributed by atoms with Crippen molar-refractivity contribution in [2.75, 3.05) is 19.7 Å². The number of carbonyl (C=O) groups excluding carboxylic acids is 1. The summed E-state index contributed by atoms with van der Waals surface area (Å²) in [5.41, 5.74) is 0. The van der Waals surface area contributed by atoms with Crippen molar-refractivity contribution in [3.63, 3.8) is 0 Å². The summed E-state index contributed by atoms with van der Waals surface area (Å²) in [6.45, 7) is 11.9. The molecule has 0 aromatic rings. The van der Waals surface area contributed by atoms with Gasteiger partial charge < -0.3 is 9.64 Å². The number of carbonyl (C=O) groups is 1. The maximum absolute atomic E-state index is 11.2. The van der Waals surface area contributed by atoms with Crippen LogP contribution in [-0.4, -0.2) is 36.6 Å². The maximum Gasteiger partial charge on any atom is 0.305 e. The van der Waals surface area contributed by atoms with Gasteiger partial charge >= 0.3 is 5.97 Å². The first-order chi connectivity index (χ1) is 9.04. The monoisotopic (exact) mass is 269 g/mol. The van der Waals surface area contributed by atoms with Crippen LogP contribution in [0.2, 0.25) is 0 Å². The molecule has 0 radical (unpaired) electrons. The van der Waals surface area contributed by atoms with Crippen molar-refractivity contribution in [3.8, 4) is 0 Å². The molecule has 3 atom stereocenters. The maximum atomic E-state index is 11.2. The third-order valence-corrected chi connectivity index (χ3v) is 4.35. The molecule has 1 saturated heterocycles. The highest BCUT2D eigenvalue weighted by molar-refractivity contribution is 5.69. The molecule has 1 fully saturated rings. The van der Waals surface area contributed by atoms with Crippen molar-refractivity contribution in [1.82, 2.24) is 4.90 Å². The zero-order valence-corrected chi connectivity index (χ0v) is 13.2. The van der Waals surface area contributed by atoms with Crippen LogP contribution in [0.4, 0.5) is 0 Å². The molecule has 1 heterocycles. The SMILES string of the molecule is CCOC(=O)CCCCCN1CC(C)CC(C)C1C. The van der Waals surface area contributed by atoms with Gasteiger partial charge in [0.05, 0.1) is 6.61 Å². The fraction of sp³-hybridized carbons (Fsp3) is 0.938. The number of piperidine rings is 1. The van der Waals surface area contributed by atoms with Crippen LogP contribution in [0.5, 0.6) is 0 Å². The van der Waals surface area contributed by atoms with Gasteiger partial charge in [0.2, 0.25) is 0 Å². The third kappa shape index (κ3) is 5.94. The van der Waals surface area contributed by atoms with E-state index < -0.39 is 0 Å². The molecule has 19 heavy (non-hydrogen) atoms. The van der Waals surface area contributed by atoms with E-state index in [1.54, 1.807) is 0 Å². The van der Waals surface area contributed by atoms with Gasteiger partial charge in [-0.1, -0.05) is 20.3 Å². The van der Waals surface area contributed by atoms with Gasteiger partial charge in [-0.05, 0) is 51.5 Å². The number of hydrogen-bond donors (Lipinski definition) is 0. The average molecular weight is 269 g/mol. The first kappa shape index (κ1) is 16.5. The molecule has 1 aliphatic rings. The topological polar surface area (TPSA) is 29.5 Å². The van der Waals surface area contributed by atoms with Crippen LogP contribution in [0.15, 0.2) is 0 Å². The number of hydrogen-bond acceptors (Lipinski definition) is 3. The fourth-order valence-corrected chi connectivity index (χ4v) is 3.12. The predicted molar refractivity (Wildman–Crippen MR) is 79.1 cm³/mol. The van der Waals surface area contributed by atoms with Crippen LogP contribution in [0.1, 0.15) is 59.8 Å². The number of esters is 1. The third-order valence-electron chi connectivity index (χ3n) is 4.35. The molecule has 0 bridgehead atoms. The molecule has 0 N–H and O–H groups in total. The first-order valence-electron chi connectivity index (χ1n) is 7.94. The van der Waals surface area contributed by atoms with E-state index >= 15 is 0 Å². The van der Waals surface area contributed by atoms with Gasteiger partial charge in [0, 0.05) is 19.0 Å². The normalized spacial score (nSPS) is 28.3. The lowest BCUT2D eigenvalue weighted by molar-refractivity contribution is -0.143. The van der Waals surface area contributed by atoms with Gasteiger partial charge in [-0.25, -0.2) is 0 Å². The minimum atomic E-state index is -0.0453. The summed E-state index contributed by atoms with van der Waals surface area (Å²) in [6.07, 6.45) is 5.23. The summed E-state index contributed by atoms with van der Waals surface area (Å²) >= 11 is 0. The lowest BCUT2D eigenvalue weighted by Crippen LogP contribution is -2.45. The lowest BCUT2D eigenvalue weighted by Gasteiger charge is -2.41. The molecule has 0 aromatic carbocycles. The Morgan fingerprint density at radius 3 is 2.63 bits per heavy atom. The molecule has 112 valence electrons. The Balaban J connectivity index is 2.13. The van der Waals surface area contributed by atoms with Crippen LogP contribution in [0, 0.1) is 11.8 Å². The largest absolute Gasteiger partial charge is 0.466 e. The molecule has 3 unspecified atom stereocenters. The van der Waals surface area contributed by atoms with E-state index in [9.17, 15) is 4.79 Å². The highest BCUT2D eigenvalue weighted by Gasteiger charge is 2.27. The van der Waals surface area contributed by atoms with Crippen LogP contribution in [-0.2, 0) is 9.53 Å². The first-order valence-corrected chi connectivity index (χ1v) is 7.94. The zero-order valence-electron chi connectivity index (χ0n) is 13.2. The highest BCUT2D eigenvalue weighted by atomic mass is 16.5. The Hall–Kier alpha value is -0.570. The molecular formula is C16H31NO2. The molecule has 0 saturated carbocycles. The number of unbranched alkanes of at least 4 members (excludes halogenated alkanes) is 2. The van der Waals surface area contributed by atoms with Gasteiger partial charge in [-0.3, -0.25) is 4.79 Å². The van der Waals surface area contributed by atoms with Crippen molar-refractivity contribution in [3.05, 3.63) is 0 Å². The van der Waals surface area contributed by atoms with Gasteiger partial charge in [-0.15, -0.1) is 0 Å². The molecule has 1 rings (SSSR count). The smallest absolute Gasteiger partial charge is 0.305 e. The Morgan fingerprint density at radius 2 is 1.95 bits per heavy atom. The van der Waals surface area contributed by atoms with Crippen molar-refractivity contribution >= 4 is 5.97 Å². The van der Waals surface area contributed by atoms with Crippen LogP contribution in [0.25, 0.3) is 0 Å². The highest BCUT2D eigenvalue weighted by Crippen LogP contribution is 2.27. The van der Waals surface area contributed by atoms with Crippen LogP contribution < -0.4 is 0 Å². The molecule has 3 nitrogen and oxygen atoms in total. The summed E-state index contributed by atoms with van der Waals surface area (Å²) < 4.78 is 4.93. The minimum absolute atomic E-state index is 0.0453. The van der Waals surface area contributed by atoms with Crippen LogP contribution in [0.3, 0.4) is 0 Å². The summed E-state index contributed by atoms with van der Waals surface area (Å²) in [5, 5.41) is 0. The van der Waals surface area contributed by atoms with E-state index in [-0.39, 0.29) is 5.97 Å². The van der Waals surface area contributed by atoms with E-state index in [0.29, 0.717) is 19.1 Å². The second kappa shape index (κ2) is 8.57. The second-order valence-corrected chi connectivity index (χ2v) is 6.17. The molecule has 0 spiro atoms. The van der Waals surface area contributed by atoms with Gasteiger partial charge in [0.15, 0.2) is 0 Å². The summed E-state index contributed by atoms with van der Waals surface area (Å²) in [5.74, 6) is 1.59. The lowest BCUT2D eigenvalue weighted by atomic mass is 9.86. The molecule has 0 aromatic heterocycles. The Morgan fingerprint density at radius 1 is 1.21 bits per heavy atom. The van der Waals surface area contributed by atoms with E-state index in [1.807, 2.05) is 6.92 Å². The average Bonchev–Trinajstić information content (AvgIpc) is 2.34. The molecule has 0 amide bonds. The molecule has 1 aliphatic heterocycles. The quantitative estimate of drug-likeness (QED) is 0.523. The number of nitrogens with zero attached hydrogens (tertiary/aromatic N) is 1. The fourth-order valence-electron chi connectivity index (χ4n) is 3.12. The van der Waals surface area contributed by atoms with E-state index in [1.165, 1.54) is 25.9 Å². The second-order valence-electron chi connectivity index (χ2n) is 6.17. The van der Waals surface area contributed by atoms with Gasteiger partial charge in [0.1, 0.15) is 0 Å². The predicted octanol–water partition coefficient (Wildman–Crippen LogP) is 3.48. The van der Waals surface area contributed by atoms with Crippen LogP contribution >= 0.6 is 0 Å². The number of likely N-dealkylation sites (tertiary alicyclic amines) is 1. The van der Waals surface area contributed by atoms with Crippen molar-refractivity contribution in [2.24, 2.45) is 11.8 Å². The standard InChI is InChI=1S/C16H31NO2/c1-5-19-16(18)9-7-6-8-10-17-12-13(2)11-14(3)15(17)4/h13-15H,5-12H2,1-4H3. The summed E-state index contributed by atoms with van der Waals surface area (Å²) in [6, 6.07) is 0.709. The Kier molecular flexibility index (Phi) is 7.44. The Bertz CT molecular complexity index is 267. The number of rotatable bonds is 7. The van der Waals surface area contributed by atoms with Gasteiger partial charge in [-0.2, -0.15) is 0 Å². The Labute approximate surface area is 118 Å². The summed E-state index contributed by atoms with van der Waals surface area (Å²) in [7, 11) is 0. The van der Waals surface area contributed by atoms with Crippen molar-refractivity contribution in [1.29, 1.82) is 0 Å². The molecule has 3 heteroatoms. The zero-order chi connectivity index (χ0) is 14.3. The number of ether oxygens (including phenoxy) is 1. The molecule has 0 aliphatic carbocycles. The van der Waals surface area contributed by atoms with Gasteiger partial charge in [0.25, 0.3) is 0 Å². The van der Waals surface area contributed by atoms with E-state index in [0.717, 1.165) is 24.7 Å². The molecular weight excluding hydrogens is 238 g/mol. The van der Waals surface area contributed by atoms with E-state index in [4.69, 9.17) is 4.74 Å². The summed E-state index contributed by atoms with van der Waals surface area (Å²) in [4.78, 5) is 13.8. The van der Waals surface area contributed by atoms with E-state index in [2.05, 4.69) is 25.7 Å². The minimum Gasteiger partial charge on any atom is -0.466 e. The van der Waals surface area contributed by atoms with Crippen molar-refractivity contribution < 1.29 is 9.53 Å².